The maximum absolute atomic E-state index is 12.9. The Bertz CT molecular complexity index is 1180. The van der Waals surface area contributed by atoms with E-state index in [0.29, 0.717) is 23.4 Å². The second kappa shape index (κ2) is 8.96. The van der Waals surface area contributed by atoms with Crippen LogP contribution >= 0.6 is 0 Å². The quantitative estimate of drug-likeness (QED) is 0.602. The molecule has 7 nitrogen and oxygen atoms in total. The molecule has 1 aromatic heterocycles. The third-order valence-corrected chi connectivity index (χ3v) is 6.11. The summed E-state index contributed by atoms with van der Waals surface area (Å²) < 4.78 is 11.2. The third-order valence-electron chi connectivity index (χ3n) is 6.11. The number of pyridine rings is 1. The number of carbonyl (C=O) groups excluding carboxylic acids is 1. The number of nitrogens with zero attached hydrogens (tertiary/aromatic N) is 3. The van der Waals surface area contributed by atoms with Crippen molar-refractivity contribution in [2.45, 2.75) is 6.54 Å². The molecule has 2 aromatic carbocycles. The number of aromatic nitrogens is 1. The molecule has 1 N–H and O–H groups in total. The number of benzene rings is 2. The van der Waals surface area contributed by atoms with Crippen molar-refractivity contribution >= 4 is 17.5 Å². The number of anilines is 1. The van der Waals surface area contributed by atoms with Gasteiger partial charge in [0, 0.05) is 50.8 Å². The third kappa shape index (κ3) is 4.27. The van der Waals surface area contributed by atoms with Gasteiger partial charge in [0.05, 0.1) is 18.2 Å². The molecule has 0 radical (unpaired) electrons. The Labute approximate surface area is 192 Å². The Hall–Kier alpha value is -3.84. The number of fused-ring (bicyclic) bond motifs is 1. The Morgan fingerprint density at radius 1 is 1.03 bits per heavy atom. The number of hydrogen-bond acceptors (Lipinski definition) is 7. The number of methoxy groups -OCH3 is 1. The van der Waals surface area contributed by atoms with E-state index in [1.54, 1.807) is 37.7 Å². The molecule has 3 aromatic rings. The summed E-state index contributed by atoms with van der Waals surface area (Å²) in [6.45, 7) is 3.93. The molecule has 1 saturated heterocycles. The molecule has 33 heavy (non-hydrogen) atoms. The van der Waals surface area contributed by atoms with Gasteiger partial charge >= 0.3 is 0 Å². The van der Waals surface area contributed by atoms with Crippen LogP contribution in [0.25, 0.3) is 6.08 Å². The summed E-state index contributed by atoms with van der Waals surface area (Å²) in [6, 6.07) is 14.9. The number of ketones is 1. The predicted octanol–water partition coefficient (Wildman–Crippen LogP) is 3.73. The number of hydrogen-bond donors (Lipinski definition) is 1. The lowest BCUT2D eigenvalue weighted by molar-refractivity contribution is 0.101. The summed E-state index contributed by atoms with van der Waals surface area (Å²) in [4.78, 5) is 21.5. The highest BCUT2D eigenvalue weighted by atomic mass is 16.5. The SMILES string of the molecule is COc1ccc(N2CCN(Cc3c(O)ccc4c3O/C(=C\c3ccncc3)C4=O)CC2)cc1. The van der Waals surface area contributed by atoms with Crippen LogP contribution < -0.4 is 14.4 Å². The first kappa shape index (κ1) is 21.0. The molecule has 168 valence electrons. The lowest BCUT2D eigenvalue weighted by Crippen LogP contribution is -2.46. The maximum Gasteiger partial charge on any atom is 0.231 e. The predicted molar refractivity (Wildman–Crippen MR) is 126 cm³/mol. The van der Waals surface area contributed by atoms with Gasteiger partial charge in [-0.1, -0.05) is 0 Å². The summed E-state index contributed by atoms with van der Waals surface area (Å²) in [5, 5.41) is 10.6. The van der Waals surface area contributed by atoms with E-state index in [-0.39, 0.29) is 17.3 Å². The van der Waals surface area contributed by atoms with Crippen LogP contribution in [0.2, 0.25) is 0 Å². The molecule has 0 aliphatic carbocycles. The summed E-state index contributed by atoms with van der Waals surface area (Å²) >= 11 is 0. The molecule has 2 aliphatic heterocycles. The van der Waals surface area contributed by atoms with Crippen molar-refractivity contribution in [1.82, 2.24) is 9.88 Å². The minimum atomic E-state index is -0.174. The van der Waals surface area contributed by atoms with Crippen LogP contribution in [0.3, 0.4) is 0 Å². The topological polar surface area (TPSA) is 75.1 Å². The van der Waals surface area contributed by atoms with Gasteiger partial charge in [-0.15, -0.1) is 0 Å². The molecule has 0 unspecified atom stereocenters. The Morgan fingerprint density at radius 2 is 1.76 bits per heavy atom. The van der Waals surface area contributed by atoms with Gasteiger partial charge in [0.1, 0.15) is 17.2 Å². The van der Waals surface area contributed by atoms with E-state index in [4.69, 9.17) is 9.47 Å². The lowest BCUT2D eigenvalue weighted by Gasteiger charge is -2.36. The van der Waals surface area contributed by atoms with Gasteiger partial charge in [0.2, 0.25) is 5.78 Å². The largest absolute Gasteiger partial charge is 0.507 e. The van der Waals surface area contributed by atoms with Gasteiger partial charge < -0.3 is 19.5 Å². The fourth-order valence-electron chi connectivity index (χ4n) is 4.24. The summed E-state index contributed by atoms with van der Waals surface area (Å²) in [5.41, 5.74) is 3.14. The first-order valence-electron chi connectivity index (χ1n) is 10.9. The molecule has 0 amide bonds. The van der Waals surface area contributed by atoms with Crippen LogP contribution in [-0.4, -0.2) is 54.1 Å². The Morgan fingerprint density at radius 3 is 2.45 bits per heavy atom. The number of phenols is 1. The molecule has 5 rings (SSSR count). The molecule has 0 bridgehead atoms. The number of phenolic OH excluding ortho intramolecular Hbond substituents is 1. The monoisotopic (exact) mass is 443 g/mol. The molecule has 3 heterocycles. The van der Waals surface area contributed by atoms with Crippen molar-refractivity contribution in [3.63, 3.8) is 0 Å². The number of piperazine rings is 1. The van der Waals surface area contributed by atoms with Gasteiger partial charge in [-0.05, 0) is 60.2 Å². The minimum absolute atomic E-state index is 0.143. The number of allylic oxidation sites excluding steroid dienone is 1. The van der Waals surface area contributed by atoms with E-state index in [1.807, 2.05) is 24.3 Å². The number of rotatable bonds is 5. The van der Waals surface area contributed by atoms with Gasteiger partial charge in [-0.25, -0.2) is 0 Å². The van der Waals surface area contributed by atoms with Gasteiger partial charge in [0.15, 0.2) is 5.76 Å². The number of aromatic hydroxyl groups is 1. The van der Waals surface area contributed by atoms with Crippen LogP contribution in [0.15, 0.2) is 66.7 Å². The van der Waals surface area contributed by atoms with E-state index < -0.39 is 0 Å². The minimum Gasteiger partial charge on any atom is -0.507 e. The highest BCUT2D eigenvalue weighted by Crippen LogP contribution is 2.40. The summed E-state index contributed by atoms with van der Waals surface area (Å²) in [6.07, 6.45) is 5.04. The lowest BCUT2D eigenvalue weighted by atomic mass is 10.0. The number of carbonyl (C=O) groups is 1. The second-order valence-electron chi connectivity index (χ2n) is 8.12. The van der Waals surface area contributed by atoms with Crippen molar-refractivity contribution in [2.75, 3.05) is 38.2 Å². The zero-order valence-corrected chi connectivity index (χ0v) is 18.4. The van der Waals surface area contributed by atoms with Crippen LogP contribution in [0.5, 0.6) is 17.2 Å². The summed E-state index contributed by atoms with van der Waals surface area (Å²) in [7, 11) is 1.67. The average molecular weight is 444 g/mol. The standard InChI is InChI=1S/C26H25N3O4/c1-32-20-4-2-19(3-5-20)29-14-12-28(13-15-29)17-22-23(30)7-6-21-25(31)24(33-26(21)22)16-18-8-10-27-11-9-18/h2-11,16,30H,12-15,17H2,1H3/b24-16-. The highest BCUT2D eigenvalue weighted by molar-refractivity contribution is 6.15. The molecular weight excluding hydrogens is 418 g/mol. The zero-order chi connectivity index (χ0) is 22.8. The maximum atomic E-state index is 12.9. The van der Waals surface area contributed by atoms with Gasteiger partial charge in [-0.3, -0.25) is 14.7 Å². The first-order chi connectivity index (χ1) is 16.1. The molecular formula is C26H25N3O4. The van der Waals surface area contributed by atoms with E-state index in [9.17, 15) is 9.90 Å². The van der Waals surface area contributed by atoms with E-state index in [2.05, 4.69) is 26.9 Å². The van der Waals surface area contributed by atoms with Gasteiger partial charge in [-0.2, -0.15) is 0 Å². The fourth-order valence-corrected chi connectivity index (χ4v) is 4.24. The number of ether oxygens (including phenoxy) is 2. The molecule has 2 aliphatic rings. The van der Waals surface area contributed by atoms with E-state index in [0.717, 1.165) is 37.5 Å². The van der Waals surface area contributed by atoms with Crippen LogP contribution in [-0.2, 0) is 6.54 Å². The number of Topliss-reactive ketones (excluding diaryl/α,β-unsaturated/α-hetero) is 1. The highest BCUT2D eigenvalue weighted by Gasteiger charge is 2.32. The van der Waals surface area contributed by atoms with Crippen molar-refractivity contribution in [3.05, 3.63) is 83.4 Å². The molecule has 7 heteroatoms. The normalized spacial score (nSPS) is 17.2. The van der Waals surface area contributed by atoms with Crippen molar-refractivity contribution in [1.29, 1.82) is 0 Å². The molecule has 0 saturated carbocycles. The van der Waals surface area contributed by atoms with Crippen LogP contribution in [0.4, 0.5) is 5.69 Å². The fraction of sp³-hybridized carbons (Fsp3) is 0.231. The first-order valence-corrected chi connectivity index (χ1v) is 10.9. The second-order valence-corrected chi connectivity index (χ2v) is 8.12. The van der Waals surface area contributed by atoms with Crippen molar-refractivity contribution in [2.24, 2.45) is 0 Å². The van der Waals surface area contributed by atoms with E-state index >= 15 is 0 Å². The summed E-state index contributed by atoms with van der Waals surface area (Å²) in [5.74, 6) is 1.53. The smallest absolute Gasteiger partial charge is 0.231 e. The van der Waals surface area contributed by atoms with Crippen LogP contribution in [0, 0.1) is 0 Å². The molecule has 0 spiro atoms. The van der Waals surface area contributed by atoms with Crippen molar-refractivity contribution in [3.8, 4) is 17.2 Å². The van der Waals surface area contributed by atoms with Crippen molar-refractivity contribution < 1.29 is 19.4 Å². The van der Waals surface area contributed by atoms with Crippen LogP contribution in [0.1, 0.15) is 21.5 Å². The average Bonchev–Trinajstić information content (AvgIpc) is 3.17. The Kier molecular flexibility index (Phi) is 5.71. The molecule has 0 atom stereocenters. The Balaban J connectivity index is 1.30. The zero-order valence-electron chi connectivity index (χ0n) is 18.4. The van der Waals surface area contributed by atoms with E-state index in [1.165, 1.54) is 5.69 Å². The molecule has 1 fully saturated rings. The van der Waals surface area contributed by atoms with Gasteiger partial charge in [0.25, 0.3) is 0 Å².